The molecule has 1 aliphatic heterocycles. The molecule has 0 unspecified atom stereocenters. The largest absolute Gasteiger partial charge is 0.371 e. The minimum atomic E-state index is 0.511. The molecule has 3 heteroatoms. The second-order valence-corrected chi connectivity index (χ2v) is 7.03. The molecule has 1 fully saturated rings. The molecule has 1 nitrogen and oxygen atoms in total. The highest BCUT2D eigenvalue weighted by Crippen LogP contribution is 2.35. The molecule has 1 aliphatic rings. The first-order valence-electron chi connectivity index (χ1n) is 6.11. The summed E-state index contributed by atoms with van der Waals surface area (Å²) >= 11 is 7.15. The zero-order valence-corrected chi connectivity index (χ0v) is 13.6. The summed E-state index contributed by atoms with van der Waals surface area (Å²) in [6.07, 6.45) is 2.56. The van der Waals surface area contributed by atoms with Crippen molar-refractivity contribution in [3.63, 3.8) is 0 Å². The molecule has 17 heavy (non-hydrogen) atoms. The standard InChI is InChI=1S/C14H19Br2N/c1-14(2)5-7-17(8-6-14)13-9-12(16)4-3-11(13)10-15/h3-4,9H,5-8,10H2,1-2H3. The van der Waals surface area contributed by atoms with Gasteiger partial charge in [0.2, 0.25) is 0 Å². The van der Waals surface area contributed by atoms with Crippen molar-refractivity contribution in [2.24, 2.45) is 5.41 Å². The molecular formula is C14H19Br2N. The fourth-order valence-corrected chi connectivity index (χ4v) is 3.12. The maximum absolute atomic E-state index is 3.58. The zero-order valence-electron chi connectivity index (χ0n) is 10.5. The lowest BCUT2D eigenvalue weighted by molar-refractivity contribution is 0.279. The van der Waals surface area contributed by atoms with E-state index in [2.05, 4.69) is 68.8 Å². The molecular weight excluding hydrogens is 342 g/mol. The van der Waals surface area contributed by atoms with Gasteiger partial charge in [0.15, 0.2) is 0 Å². The fraction of sp³-hybridized carbons (Fsp3) is 0.571. The molecule has 0 bridgehead atoms. The van der Waals surface area contributed by atoms with Crippen molar-refractivity contribution in [3.05, 3.63) is 28.2 Å². The number of hydrogen-bond acceptors (Lipinski definition) is 1. The molecule has 0 radical (unpaired) electrons. The third kappa shape index (κ3) is 3.25. The quantitative estimate of drug-likeness (QED) is 0.673. The molecule has 0 N–H and O–H groups in total. The predicted octanol–water partition coefficient (Wildman–Crippen LogP) is 4.97. The van der Waals surface area contributed by atoms with Crippen molar-refractivity contribution >= 4 is 37.5 Å². The van der Waals surface area contributed by atoms with Gasteiger partial charge >= 0.3 is 0 Å². The summed E-state index contributed by atoms with van der Waals surface area (Å²) in [5, 5.41) is 0.926. The lowest BCUT2D eigenvalue weighted by Crippen LogP contribution is -2.37. The smallest absolute Gasteiger partial charge is 0.0418 e. The van der Waals surface area contributed by atoms with Crippen molar-refractivity contribution in [3.8, 4) is 0 Å². The van der Waals surface area contributed by atoms with Crippen molar-refractivity contribution in [1.29, 1.82) is 0 Å². The summed E-state index contributed by atoms with van der Waals surface area (Å²) in [5.41, 5.74) is 3.27. The van der Waals surface area contributed by atoms with E-state index >= 15 is 0 Å². The summed E-state index contributed by atoms with van der Waals surface area (Å²) in [6, 6.07) is 6.57. The second kappa shape index (κ2) is 5.31. The van der Waals surface area contributed by atoms with E-state index in [4.69, 9.17) is 0 Å². The summed E-state index contributed by atoms with van der Waals surface area (Å²) in [5.74, 6) is 0. The molecule has 0 atom stereocenters. The Morgan fingerprint density at radius 3 is 2.47 bits per heavy atom. The average Bonchev–Trinajstić information content (AvgIpc) is 2.29. The van der Waals surface area contributed by atoms with Crippen LogP contribution in [0.5, 0.6) is 0 Å². The highest BCUT2D eigenvalue weighted by atomic mass is 79.9. The summed E-state index contributed by atoms with van der Waals surface area (Å²) < 4.78 is 1.17. The molecule has 0 amide bonds. The number of hydrogen-bond donors (Lipinski definition) is 0. The minimum absolute atomic E-state index is 0.511. The first-order valence-corrected chi connectivity index (χ1v) is 8.03. The van der Waals surface area contributed by atoms with Crippen molar-refractivity contribution in [2.75, 3.05) is 18.0 Å². The number of rotatable bonds is 2. The van der Waals surface area contributed by atoms with Gasteiger partial charge < -0.3 is 4.90 Å². The van der Waals surface area contributed by atoms with E-state index in [0.717, 1.165) is 5.33 Å². The first-order chi connectivity index (χ1) is 8.02. The summed E-state index contributed by atoms with van der Waals surface area (Å²) in [4.78, 5) is 2.52. The molecule has 1 heterocycles. The van der Waals surface area contributed by atoms with Gasteiger partial charge in [0.05, 0.1) is 0 Å². The van der Waals surface area contributed by atoms with Crippen molar-refractivity contribution < 1.29 is 0 Å². The van der Waals surface area contributed by atoms with Gasteiger partial charge in [0.1, 0.15) is 0 Å². The van der Waals surface area contributed by atoms with Gasteiger partial charge in [-0.25, -0.2) is 0 Å². The lowest BCUT2D eigenvalue weighted by Gasteiger charge is -2.39. The third-order valence-corrected chi connectivity index (χ3v) is 4.75. The first kappa shape index (κ1) is 13.4. The van der Waals surface area contributed by atoms with E-state index < -0.39 is 0 Å². The van der Waals surface area contributed by atoms with E-state index in [1.54, 1.807) is 0 Å². The Bertz CT molecular complexity index is 391. The van der Waals surface area contributed by atoms with Crippen LogP contribution in [0.3, 0.4) is 0 Å². The van der Waals surface area contributed by atoms with E-state index in [-0.39, 0.29) is 0 Å². The van der Waals surface area contributed by atoms with Crippen LogP contribution in [0.25, 0.3) is 0 Å². The van der Waals surface area contributed by atoms with Gasteiger partial charge in [-0.1, -0.05) is 51.8 Å². The van der Waals surface area contributed by atoms with Crippen molar-refractivity contribution in [2.45, 2.75) is 32.0 Å². The molecule has 94 valence electrons. The second-order valence-electron chi connectivity index (χ2n) is 5.56. The van der Waals surface area contributed by atoms with Gasteiger partial charge in [-0.05, 0) is 36.0 Å². The van der Waals surface area contributed by atoms with Crippen LogP contribution < -0.4 is 4.90 Å². The van der Waals surface area contributed by atoms with Crippen LogP contribution in [0.4, 0.5) is 5.69 Å². The van der Waals surface area contributed by atoms with E-state index in [1.807, 2.05) is 0 Å². The monoisotopic (exact) mass is 359 g/mol. The highest BCUT2D eigenvalue weighted by Gasteiger charge is 2.26. The molecule has 1 aromatic rings. The van der Waals surface area contributed by atoms with Crippen LogP contribution in [0.1, 0.15) is 32.3 Å². The van der Waals surface area contributed by atoms with Crippen LogP contribution in [0, 0.1) is 5.41 Å². The van der Waals surface area contributed by atoms with Gasteiger partial charge in [-0.3, -0.25) is 0 Å². The van der Waals surface area contributed by atoms with E-state index in [0.29, 0.717) is 5.41 Å². The Morgan fingerprint density at radius 2 is 1.88 bits per heavy atom. The molecule has 1 saturated heterocycles. The molecule has 2 rings (SSSR count). The normalized spacial score (nSPS) is 19.4. The number of anilines is 1. The average molecular weight is 361 g/mol. The van der Waals surface area contributed by atoms with E-state index in [9.17, 15) is 0 Å². The van der Waals surface area contributed by atoms with Crippen LogP contribution in [0.2, 0.25) is 0 Å². The number of piperidine rings is 1. The Labute approximate surface area is 121 Å². The molecule has 0 aromatic heterocycles. The van der Waals surface area contributed by atoms with Gasteiger partial charge in [0, 0.05) is 28.6 Å². The number of alkyl halides is 1. The molecule has 1 aromatic carbocycles. The van der Waals surface area contributed by atoms with Crippen LogP contribution in [0.15, 0.2) is 22.7 Å². The number of halogens is 2. The topological polar surface area (TPSA) is 3.24 Å². The van der Waals surface area contributed by atoms with E-state index in [1.165, 1.54) is 41.7 Å². The van der Waals surface area contributed by atoms with Crippen LogP contribution >= 0.6 is 31.9 Å². The zero-order chi connectivity index (χ0) is 12.5. The fourth-order valence-electron chi connectivity index (χ4n) is 2.30. The lowest BCUT2D eigenvalue weighted by atomic mass is 9.82. The van der Waals surface area contributed by atoms with Crippen LogP contribution in [-0.4, -0.2) is 13.1 Å². The number of benzene rings is 1. The van der Waals surface area contributed by atoms with Gasteiger partial charge in [-0.15, -0.1) is 0 Å². The highest BCUT2D eigenvalue weighted by molar-refractivity contribution is 9.10. The molecule has 0 saturated carbocycles. The Kier molecular flexibility index (Phi) is 4.19. The number of nitrogens with zero attached hydrogens (tertiary/aromatic N) is 1. The Morgan fingerprint density at radius 1 is 1.24 bits per heavy atom. The Balaban J connectivity index is 2.20. The minimum Gasteiger partial charge on any atom is -0.371 e. The summed E-state index contributed by atoms with van der Waals surface area (Å²) in [6.45, 7) is 7.08. The SMILES string of the molecule is CC1(C)CCN(c2cc(Br)ccc2CBr)CC1. The maximum Gasteiger partial charge on any atom is 0.0418 e. The van der Waals surface area contributed by atoms with Gasteiger partial charge in [0.25, 0.3) is 0 Å². The Hall–Kier alpha value is -0.0200. The maximum atomic E-state index is 3.58. The third-order valence-electron chi connectivity index (χ3n) is 3.65. The van der Waals surface area contributed by atoms with Crippen LogP contribution in [-0.2, 0) is 5.33 Å². The summed E-state index contributed by atoms with van der Waals surface area (Å²) in [7, 11) is 0. The predicted molar refractivity (Wildman–Crippen MR) is 82.0 cm³/mol. The molecule has 0 aliphatic carbocycles. The molecule has 0 spiro atoms. The van der Waals surface area contributed by atoms with Gasteiger partial charge in [-0.2, -0.15) is 0 Å². The van der Waals surface area contributed by atoms with Crippen molar-refractivity contribution in [1.82, 2.24) is 0 Å².